The summed E-state index contributed by atoms with van der Waals surface area (Å²) >= 11 is 0. The summed E-state index contributed by atoms with van der Waals surface area (Å²) in [6.07, 6.45) is 5.61. The van der Waals surface area contributed by atoms with Gasteiger partial charge in [-0.25, -0.2) is 9.67 Å². The summed E-state index contributed by atoms with van der Waals surface area (Å²) in [7, 11) is 0. The molecule has 1 aromatic carbocycles. The topological polar surface area (TPSA) is 78.2 Å². The highest BCUT2D eigenvalue weighted by molar-refractivity contribution is 5.77. The van der Waals surface area contributed by atoms with E-state index in [2.05, 4.69) is 22.1 Å². The summed E-state index contributed by atoms with van der Waals surface area (Å²) in [5, 5.41) is 8.91. The van der Waals surface area contributed by atoms with Crippen molar-refractivity contribution < 1.29 is 4.42 Å². The number of benzene rings is 1. The number of aromatic nitrogens is 4. The lowest BCUT2D eigenvalue weighted by molar-refractivity contribution is 0.500. The predicted octanol–water partition coefficient (Wildman–Crippen LogP) is 3.18. The molecule has 1 aliphatic carbocycles. The van der Waals surface area contributed by atoms with Crippen LogP contribution in [0, 0.1) is 5.92 Å². The summed E-state index contributed by atoms with van der Waals surface area (Å²) in [5.74, 6) is 2.79. The van der Waals surface area contributed by atoms with Gasteiger partial charge in [0.1, 0.15) is 23.2 Å². The van der Waals surface area contributed by atoms with Crippen molar-refractivity contribution in [3.63, 3.8) is 0 Å². The fraction of sp³-hybridized carbons (Fsp3) is 0.200. The lowest BCUT2D eigenvalue weighted by Crippen LogP contribution is -2.17. The molecule has 1 aliphatic rings. The Kier molecular flexibility index (Phi) is 3.53. The van der Waals surface area contributed by atoms with Gasteiger partial charge in [-0.2, -0.15) is 14.9 Å². The molecule has 5 rings (SSSR count). The van der Waals surface area contributed by atoms with Gasteiger partial charge in [0, 0.05) is 5.92 Å². The van der Waals surface area contributed by atoms with E-state index in [1.54, 1.807) is 4.68 Å². The largest absolute Gasteiger partial charge is 0.460 e. The number of rotatable bonds is 4. The number of fused-ring (bicyclic) bond motifs is 1. The highest BCUT2D eigenvalue weighted by Crippen LogP contribution is 2.47. The first-order valence-electron chi connectivity index (χ1n) is 8.85. The van der Waals surface area contributed by atoms with Crippen molar-refractivity contribution in [2.75, 3.05) is 0 Å². The Morgan fingerprint density at radius 2 is 2.04 bits per heavy atom. The lowest BCUT2D eigenvalue weighted by Gasteiger charge is -2.02. The Morgan fingerprint density at radius 3 is 2.81 bits per heavy atom. The second-order valence-corrected chi connectivity index (χ2v) is 6.83. The summed E-state index contributed by atoms with van der Waals surface area (Å²) < 4.78 is 8.62. The van der Waals surface area contributed by atoms with Gasteiger partial charge >= 0.3 is 0 Å². The maximum atomic E-state index is 12.7. The maximum absolute atomic E-state index is 12.7. The van der Waals surface area contributed by atoms with Gasteiger partial charge in [0.15, 0.2) is 5.65 Å². The summed E-state index contributed by atoms with van der Waals surface area (Å²) in [6.45, 7) is 2.21. The normalized spacial score (nSPS) is 19.1. The first-order chi connectivity index (χ1) is 13.2. The van der Waals surface area contributed by atoms with E-state index in [1.807, 2.05) is 42.5 Å². The average Bonchev–Trinajstić information content (AvgIpc) is 3.10. The van der Waals surface area contributed by atoms with Gasteiger partial charge in [-0.3, -0.25) is 4.79 Å². The number of hydrogen-bond acceptors (Lipinski definition) is 5. The van der Waals surface area contributed by atoms with E-state index in [1.165, 1.54) is 23.4 Å². The molecule has 0 saturated heterocycles. The molecule has 134 valence electrons. The maximum Gasteiger partial charge on any atom is 0.285 e. The van der Waals surface area contributed by atoms with E-state index in [0.717, 1.165) is 17.9 Å². The van der Waals surface area contributed by atoms with Gasteiger partial charge in [0.25, 0.3) is 5.56 Å². The smallest absolute Gasteiger partial charge is 0.285 e. The quantitative estimate of drug-likeness (QED) is 0.524. The fourth-order valence-corrected chi connectivity index (χ4v) is 3.22. The zero-order valence-corrected chi connectivity index (χ0v) is 14.7. The molecule has 2 atom stereocenters. The Labute approximate surface area is 154 Å². The van der Waals surface area contributed by atoms with E-state index in [0.29, 0.717) is 28.6 Å². The molecule has 0 bridgehead atoms. The van der Waals surface area contributed by atoms with Crippen LogP contribution in [0.5, 0.6) is 0 Å². The van der Waals surface area contributed by atoms with Crippen LogP contribution in [-0.2, 0) is 0 Å². The van der Waals surface area contributed by atoms with E-state index < -0.39 is 0 Å². The molecule has 27 heavy (non-hydrogen) atoms. The number of hydrogen-bond donors (Lipinski definition) is 0. The molecule has 0 radical (unpaired) electrons. The lowest BCUT2D eigenvalue weighted by atomic mass is 10.3. The van der Waals surface area contributed by atoms with Crippen molar-refractivity contribution in [1.82, 2.24) is 19.4 Å². The monoisotopic (exact) mass is 359 g/mol. The Morgan fingerprint density at radius 1 is 1.22 bits per heavy atom. The van der Waals surface area contributed by atoms with Gasteiger partial charge in [-0.1, -0.05) is 25.1 Å². The molecule has 4 aromatic rings. The standard InChI is InChI=1S/C20H17N5O2/c1-13-9-16(13)18-8-7-15(27-18)10-22-24-12-21-19-17(20(24)26)11-23-25(19)14-5-3-2-4-6-14/h2-8,10-13,16H,9H2,1H3/b22-10-/t13-,16+/m1/s1. The van der Waals surface area contributed by atoms with Gasteiger partial charge in [0.2, 0.25) is 0 Å². The molecule has 3 aromatic heterocycles. The average molecular weight is 359 g/mol. The van der Waals surface area contributed by atoms with E-state index in [4.69, 9.17) is 4.42 Å². The third-order valence-electron chi connectivity index (χ3n) is 4.90. The minimum atomic E-state index is -0.277. The molecule has 1 fully saturated rings. The van der Waals surface area contributed by atoms with Crippen molar-refractivity contribution in [2.45, 2.75) is 19.3 Å². The highest BCUT2D eigenvalue weighted by atomic mass is 16.3. The van der Waals surface area contributed by atoms with Crippen LogP contribution in [0.4, 0.5) is 0 Å². The molecule has 3 heterocycles. The third kappa shape index (κ3) is 2.77. The zero-order valence-electron chi connectivity index (χ0n) is 14.7. The van der Waals surface area contributed by atoms with Crippen LogP contribution < -0.4 is 5.56 Å². The number of nitrogens with zero attached hydrogens (tertiary/aromatic N) is 5. The van der Waals surface area contributed by atoms with Crippen LogP contribution in [0.15, 0.2) is 69.3 Å². The van der Waals surface area contributed by atoms with Crippen LogP contribution >= 0.6 is 0 Å². The van der Waals surface area contributed by atoms with Crippen molar-refractivity contribution in [2.24, 2.45) is 11.0 Å². The fourth-order valence-electron chi connectivity index (χ4n) is 3.22. The van der Waals surface area contributed by atoms with Crippen LogP contribution in [-0.4, -0.2) is 25.7 Å². The molecule has 1 saturated carbocycles. The second-order valence-electron chi connectivity index (χ2n) is 6.83. The first kappa shape index (κ1) is 15.7. The molecular formula is C20H17N5O2. The Bertz CT molecular complexity index is 1200. The molecule has 7 heteroatoms. The van der Waals surface area contributed by atoms with Gasteiger partial charge < -0.3 is 4.42 Å². The van der Waals surface area contributed by atoms with Gasteiger partial charge in [-0.15, -0.1) is 0 Å². The van der Waals surface area contributed by atoms with E-state index >= 15 is 0 Å². The van der Waals surface area contributed by atoms with Crippen molar-refractivity contribution in [3.05, 3.63) is 76.9 Å². The minimum absolute atomic E-state index is 0.277. The minimum Gasteiger partial charge on any atom is -0.460 e. The van der Waals surface area contributed by atoms with Crippen LogP contribution in [0.2, 0.25) is 0 Å². The summed E-state index contributed by atoms with van der Waals surface area (Å²) in [6, 6.07) is 13.4. The van der Waals surface area contributed by atoms with Gasteiger partial charge in [0.05, 0.1) is 18.1 Å². The molecule has 7 nitrogen and oxygen atoms in total. The number of furan rings is 1. The zero-order chi connectivity index (χ0) is 18.4. The molecule has 0 unspecified atom stereocenters. The molecule has 0 amide bonds. The van der Waals surface area contributed by atoms with Crippen LogP contribution in [0.1, 0.15) is 30.8 Å². The highest BCUT2D eigenvalue weighted by Gasteiger charge is 2.36. The van der Waals surface area contributed by atoms with E-state index in [-0.39, 0.29) is 5.56 Å². The van der Waals surface area contributed by atoms with Crippen molar-refractivity contribution in [1.29, 1.82) is 0 Å². The number of para-hydroxylation sites is 1. The predicted molar refractivity (Wildman–Crippen MR) is 101 cm³/mol. The SMILES string of the molecule is C[C@@H]1C[C@@H]1c1ccc(/C=N\n2cnc3c(cnn3-c3ccccc3)c2=O)o1. The van der Waals surface area contributed by atoms with E-state index in [9.17, 15) is 4.79 Å². The Balaban J connectivity index is 1.47. The molecule has 0 N–H and O–H groups in total. The molecular weight excluding hydrogens is 342 g/mol. The third-order valence-corrected chi connectivity index (χ3v) is 4.90. The van der Waals surface area contributed by atoms with Crippen molar-refractivity contribution >= 4 is 17.2 Å². The van der Waals surface area contributed by atoms with Crippen LogP contribution in [0.3, 0.4) is 0 Å². The van der Waals surface area contributed by atoms with Crippen LogP contribution in [0.25, 0.3) is 16.7 Å². The van der Waals surface area contributed by atoms with Crippen molar-refractivity contribution in [3.8, 4) is 5.69 Å². The Hall–Kier alpha value is -3.48. The summed E-state index contributed by atoms with van der Waals surface area (Å²) in [4.78, 5) is 17.0. The summed E-state index contributed by atoms with van der Waals surface area (Å²) in [5.41, 5.74) is 1.07. The molecule has 0 spiro atoms. The molecule has 0 aliphatic heterocycles. The first-order valence-corrected chi connectivity index (χ1v) is 8.85. The second kappa shape index (κ2) is 6.05. The van der Waals surface area contributed by atoms with Gasteiger partial charge in [-0.05, 0) is 36.6 Å².